The van der Waals surface area contributed by atoms with Crippen LogP contribution in [-0.4, -0.2) is 16.7 Å². The molecule has 6 heteroatoms. The minimum Gasteiger partial charge on any atom is -0.330 e. The quantitative estimate of drug-likeness (QED) is 0.502. The zero-order valence-electron chi connectivity index (χ0n) is 8.85. The number of nitrogens with zero attached hydrogens (tertiary/aromatic N) is 1. The van der Waals surface area contributed by atoms with Gasteiger partial charge in [0.1, 0.15) is 0 Å². The van der Waals surface area contributed by atoms with Gasteiger partial charge in [-0.25, -0.2) is 0 Å². The average Bonchev–Trinajstić information content (AvgIpc) is 2.29. The highest BCUT2D eigenvalue weighted by Crippen LogP contribution is 2.12. The Morgan fingerprint density at radius 3 is 2.12 bits per heavy atom. The fraction of sp³-hybridized carbons (Fsp3) is 0.300. The maximum absolute atomic E-state index is 10.5. The molecule has 0 atom stereocenters. The Balaban J connectivity index is 0.000000487. The zero-order chi connectivity index (χ0) is 12.6. The number of benzene rings is 1. The molecule has 0 heterocycles. The van der Waals surface area contributed by atoms with Crippen LogP contribution in [0.25, 0.3) is 0 Å². The predicted molar refractivity (Wildman–Crippen MR) is 62.6 cm³/mol. The molecular weight excluding hydrogens is 232 g/mol. The Morgan fingerprint density at radius 1 is 1.44 bits per heavy atom. The van der Waals surface area contributed by atoms with Crippen LogP contribution in [0.2, 0.25) is 0 Å². The van der Waals surface area contributed by atoms with E-state index >= 15 is 0 Å². The van der Waals surface area contributed by atoms with Gasteiger partial charge in [-0.15, -0.1) is 0 Å². The lowest BCUT2D eigenvalue weighted by Crippen LogP contribution is -1.93. The summed E-state index contributed by atoms with van der Waals surface area (Å²) >= 11 is 5.13. The summed E-state index contributed by atoms with van der Waals surface area (Å²) in [5.74, 6) is 0. The summed E-state index contributed by atoms with van der Waals surface area (Å²) < 4.78 is 0. The first-order valence-corrected chi connectivity index (χ1v) is 5.05. The summed E-state index contributed by atoms with van der Waals surface area (Å²) in [7, 11) is 0. The van der Waals surface area contributed by atoms with Gasteiger partial charge in [-0.05, 0) is 36.7 Å². The third-order valence-electron chi connectivity index (χ3n) is 1.59. The molecule has 88 valence electrons. The number of non-ortho nitro benzene ring substituents is 1. The Morgan fingerprint density at radius 2 is 1.88 bits per heavy atom. The van der Waals surface area contributed by atoms with Gasteiger partial charge in [0.2, 0.25) is 0 Å². The van der Waals surface area contributed by atoms with E-state index in [4.69, 9.17) is 17.3 Å². The van der Waals surface area contributed by atoms with E-state index in [1.807, 2.05) is 0 Å². The monoisotopic (exact) mass is 244 g/mol. The molecule has 0 aliphatic heterocycles. The highest BCUT2D eigenvalue weighted by Gasteiger charge is 2.06. The van der Waals surface area contributed by atoms with E-state index in [1.165, 1.54) is 24.3 Å². The van der Waals surface area contributed by atoms with Crippen molar-refractivity contribution in [2.45, 2.75) is 13.3 Å². The van der Waals surface area contributed by atoms with Crippen molar-refractivity contribution in [3.8, 4) is 0 Å². The molecule has 2 N–H and O–H groups in total. The fourth-order valence-electron chi connectivity index (χ4n) is 0.714. The number of nitro groups is 1. The van der Waals surface area contributed by atoms with Crippen molar-refractivity contribution in [1.82, 2.24) is 0 Å². The van der Waals surface area contributed by atoms with Gasteiger partial charge in [0.15, 0.2) is 0 Å². The van der Waals surface area contributed by atoms with Gasteiger partial charge in [0.25, 0.3) is 10.9 Å². The number of rotatable bonds is 3. The molecule has 0 amide bonds. The summed E-state index contributed by atoms with van der Waals surface area (Å²) in [6.45, 7) is 2.88. The van der Waals surface area contributed by atoms with E-state index in [9.17, 15) is 14.9 Å². The van der Waals surface area contributed by atoms with Crippen LogP contribution in [0.1, 0.15) is 23.7 Å². The number of carbonyl (C=O) groups is 1. The van der Waals surface area contributed by atoms with Crippen LogP contribution in [0.3, 0.4) is 0 Å². The van der Waals surface area contributed by atoms with Gasteiger partial charge in [0.05, 0.1) is 4.92 Å². The molecule has 0 saturated heterocycles. The van der Waals surface area contributed by atoms with Crippen molar-refractivity contribution in [3.63, 3.8) is 0 Å². The molecule has 0 aromatic heterocycles. The second kappa shape index (κ2) is 7.78. The van der Waals surface area contributed by atoms with Crippen LogP contribution in [0.5, 0.6) is 0 Å². The molecule has 0 saturated carbocycles. The van der Waals surface area contributed by atoms with E-state index in [2.05, 4.69) is 6.92 Å². The van der Waals surface area contributed by atoms with Crippen LogP contribution in [0.15, 0.2) is 24.3 Å². The molecule has 0 unspecified atom stereocenters. The van der Waals surface area contributed by atoms with Crippen molar-refractivity contribution in [3.05, 3.63) is 39.9 Å². The van der Waals surface area contributed by atoms with Gasteiger partial charge in [-0.2, -0.15) is 0 Å². The van der Waals surface area contributed by atoms with Crippen molar-refractivity contribution in [2.24, 2.45) is 5.73 Å². The number of hydrogen-bond donors (Lipinski definition) is 1. The van der Waals surface area contributed by atoms with Gasteiger partial charge >= 0.3 is 0 Å². The third kappa shape index (κ3) is 5.43. The van der Waals surface area contributed by atoms with Crippen LogP contribution in [0, 0.1) is 10.1 Å². The lowest BCUT2D eigenvalue weighted by atomic mass is 10.2. The molecular formula is C10H13ClN2O3. The maximum Gasteiger partial charge on any atom is 0.269 e. The fourth-order valence-corrected chi connectivity index (χ4v) is 0.840. The van der Waals surface area contributed by atoms with Crippen molar-refractivity contribution in [1.29, 1.82) is 0 Å². The Labute approximate surface area is 98.4 Å². The highest BCUT2D eigenvalue weighted by molar-refractivity contribution is 6.67. The Bertz CT molecular complexity index is 317. The van der Waals surface area contributed by atoms with Gasteiger partial charge < -0.3 is 5.73 Å². The van der Waals surface area contributed by atoms with E-state index in [0.29, 0.717) is 0 Å². The van der Waals surface area contributed by atoms with Crippen molar-refractivity contribution < 1.29 is 9.72 Å². The standard InChI is InChI=1S/C7H4ClNO3.C3H9N/c8-7(10)5-1-3-6(4-2-5)9(11)12;1-2-3-4/h1-4H;2-4H2,1H3. The molecule has 0 spiro atoms. The summed E-state index contributed by atoms with van der Waals surface area (Å²) in [4.78, 5) is 20.2. The number of nitro benzene ring substituents is 1. The van der Waals surface area contributed by atoms with Gasteiger partial charge in [-0.1, -0.05) is 6.92 Å². The first-order chi connectivity index (χ1) is 7.52. The third-order valence-corrected chi connectivity index (χ3v) is 1.81. The van der Waals surface area contributed by atoms with Crippen molar-refractivity contribution in [2.75, 3.05) is 6.54 Å². The van der Waals surface area contributed by atoms with Crippen molar-refractivity contribution >= 4 is 22.5 Å². The number of halogens is 1. The second-order valence-electron chi connectivity index (χ2n) is 2.87. The normalized spacial score (nSPS) is 8.94. The number of nitrogens with two attached hydrogens (primary N) is 1. The molecule has 0 aliphatic carbocycles. The molecule has 1 rings (SSSR count). The largest absolute Gasteiger partial charge is 0.330 e. The molecule has 16 heavy (non-hydrogen) atoms. The number of hydrogen-bond acceptors (Lipinski definition) is 4. The smallest absolute Gasteiger partial charge is 0.269 e. The number of carbonyl (C=O) groups excluding carboxylic acids is 1. The topological polar surface area (TPSA) is 86.2 Å². The van der Waals surface area contributed by atoms with E-state index in [-0.39, 0.29) is 11.3 Å². The lowest BCUT2D eigenvalue weighted by Gasteiger charge is -1.92. The SMILES string of the molecule is CCCN.O=C(Cl)c1ccc([N+](=O)[O-])cc1. The zero-order valence-corrected chi connectivity index (χ0v) is 9.61. The molecule has 0 radical (unpaired) electrons. The van der Waals surface area contributed by atoms with Crippen LogP contribution < -0.4 is 5.73 Å². The Hall–Kier alpha value is -1.46. The van der Waals surface area contributed by atoms with Gasteiger partial charge in [0, 0.05) is 17.7 Å². The molecule has 1 aromatic rings. The molecule has 1 aromatic carbocycles. The predicted octanol–water partition coefficient (Wildman–Crippen LogP) is 2.33. The van der Waals surface area contributed by atoms with E-state index in [1.54, 1.807) is 0 Å². The summed E-state index contributed by atoms with van der Waals surface area (Å²) in [5.41, 5.74) is 5.22. The first kappa shape index (κ1) is 14.5. The van der Waals surface area contributed by atoms with E-state index < -0.39 is 10.2 Å². The second-order valence-corrected chi connectivity index (χ2v) is 3.21. The first-order valence-electron chi connectivity index (χ1n) is 4.67. The van der Waals surface area contributed by atoms with Crippen LogP contribution in [-0.2, 0) is 0 Å². The summed E-state index contributed by atoms with van der Waals surface area (Å²) in [6, 6.07) is 5.09. The molecule has 0 bridgehead atoms. The lowest BCUT2D eigenvalue weighted by molar-refractivity contribution is -0.384. The maximum atomic E-state index is 10.5. The van der Waals surface area contributed by atoms with Gasteiger partial charge in [-0.3, -0.25) is 14.9 Å². The summed E-state index contributed by atoms with van der Waals surface area (Å²) in [5, 5.41) is 9.55. The summed E-state index contributed by atoms with van der Waals surface area (Å²) in [6.07, 6.45) is 1.10. The Kier molecular flexibility index (Phi) is 7.07. The highest BCUT2D eigenvalue weighted by atomic mass is 35.5. The molecule has 5 nitrogen and oxygen atoms in total. The minimum absolute atomic E-state index is 0.0586. The van der Waals surface area contributed by atoms with Crippen LogP contribution >= 0.6 is 11.6 Å². The molecule has 0 fully saturated rings. The molecule has 0 aliphatic rings. The van der Waals surface area contributed by atoms with Crippen LogP contribution in [0.4, 0.5) is 5.69 Å². The average molecular weight is 245 g/mol. The van der Waals surface area contributed by atoms with E-state index in [0.717, 1.165) is 13.0 Å². The minimum atomic E-state index is -0.620.